The molecule has 19 heavy (non-hydrogen) atoms. The molecule has 2 N–H and O–H groups in total. The van der Waals surface area contributed by atoms with Crippen LogP contribution < -0.4 is 5.32 Å². The van der Waals surface area contributed by atoms with Gasteiger partial charge in [0.15, 0.2) is 0 Å². The summed E-state index contributed by atoms with van der Waals surface area (Å²) in [5.74, 6) is -0.673. The van der Waals surface area contributed by atoms with E-state index in [0.29, 0.717) is 6.42 Å². The lowest BCUT2D eigenvalue weighted by molar-refractivity contribution is -0.144. The van der Waals surface area contributed by atoms with Crippen molar-refractivity contribution in [3.63, 3.8) is 0 Å². The molecule has 2 saturated heterocycles. The maximum Gasteiger partial charge on any atom is 0.320 e. The van der Waals surface area contributed by atoms with E-state index in [2.05, 4.69) is 22.0 Å². The largest absolute Gasteiger partial charge is 0.480 e. The first-order chi connectivity index (χ1) is 9.07. The van der Waals surface area contributed by atoms with E-state index in [0.717, 1.165) is 52.1 Å². The van der Waals surface area contributed by atoms with Crippen LogP contribution in [0.3, 0.4) is 0 Å². The number of carbonyl (C=O) groups is 1. The van der Waals surface area contributed by atoms with E-state index < -0.39 is 5.97 Å². The minimum absolute atomic E-state index is 0.259. The molecular weight excluding hydrogens is 242 g/mol. The van der Waals surface area contributed by atoms with Crippen molar-refractivity contribution >= 4 is 5.97 Å². The zero-order chi connectivity index (χ0) is 13.9. The number of carboxylic acid groups (broad SMARTS) is 1. The highest BCUT2D eigenvalue weighted by molar-refractivity contribution is 5.73. The second-order valence-electron chi connectivity index (χ2n) is 6.03. The number of likely N-dealkylation sites (tertiary alicyclic amines) is 1. The summed E-state index contributed by atoms with van der Waals surface area (Å²) < 4.78 is 0. The molecule has 1 atom stereocenters. The Labute approximate surface area is 115 Å². The third-order valence-electron chi connectivity index (χ3n) is 4.87. The molecule has 0 aromatic rings. The number of hydrogen-bond donors (Lipinski definition) is 2. The Morgan fingerprint density at radius 1 is 1.26 bits per heavy atom. The Morgan fingerprint density at radius 3 is 2.32 bits per heavy atom. The number of nitrogens with zero attached hydrogens (tertiary/aromatic N) is 2. The SMILES string of the molecule is CCC(C(=O)O)N1CCC(C)(N2CCNCC2)CC1. The van der Waals surface area contributed by atoms with Crippen LogP contribution in [0, 0.1) is 0 Å². The van der Waals surface area contributed by atoms with E-state index in [-0.39, 0.29) is 11.6 Å². The Balaban J connectivity index is 1.91. The molecule has 2 rings (SSSR count). The molecule has 2 heterocycles. The third kappa shape index (κ3) is 3.27. The monoisotopic (exact) mass is 269 g/mol. The van der Waals surface area contributed by atoms with Crippen molar-refractivity contribution in [2.45, 2.75) is 44.7 Å². The van der Waals surface area contributed by atoms with E-state index in [9.17, 15) is 9.90 Å². The molecule has 2 aliphatic rings. The van der Waals surface area contributed by atoms with Crippen molar-refractivity contribution in [1.29, 1.82) is 0 Å². The van der Waals surface area contributed by atoms with Crippen LogP contribution >= 0.6 is 0 Å². The molecule has 0 aliphatic carbocycles. The Kier molecular flexibility index (Phi) is 4.81. The first-order valence-electron chi connectivity index (χ1n) is 7.49. The van der Waals surface area contributed by atoms with Crippen LogP contribution in [0.2, 0.25) is 0 Å². The number of aliphatic carboxylic acids is 1. The van der Waals surface area contributed by atoms with Crippen LogP contribution in [0.25, 0.3) is 0 Å². The number of piperidine rings is 1. The maximum atomic E-state index is 11.2. The molecule has 5 heteroatoms. The first kappa shape index (κ1) is 14.8. The third-order valence-corrected chi connectivity index (χ3v) is 4.87. The topological polar surface area (TPSA) is 55.8 Å². The summed E-state index contributed by atoms with van der Waals surface area (Å²) in [6.07, 6.45) is 2.85. The fourth-order valence-corrected chi connectivity index (χ4v) is 3.43. The molecule has 110 valence electrons. The van der Waals surface area contributed by atoms with Gasteiger partial charge in [0.05, 0.1) is 0 Å². The van der Waals surface area contributed by atoms with Crippen molar-refractivity contribution in [2.75, 3.05) is 39.3 Å². The van der Waals surface area contributed by atoms with Gasteiger partial charge in [0.2, 0.25) is 0 Å². The molecule has 0 saturated carbocycles. The summed E-state index contributed by atoms with van der Waals surface area (Å²) in [5, 5.41) is 12.6. The Bertz CT molecular complexity index is 308. The molecule has 0 spiro atoms. The van der Waals surface area contributed by atoms with Gasteiger partial charge in [-0.15, -0.1) is 0 Å². The summed E-state index contributed by atoms with van der Waals surface area (Å²) in [6.45, 7) is 10.5. The minimum Gasteiger partial charge on any atom is -0.480 e. The molecule has 0 aromatic carbocycles. The van der Waals surface area contributed by atoms with Crippen molar-refractivity contribution in [1.82, 2.24) is 15.1 Å². The number of piperazine rings is 1. The smallest absolute Gasteiger partial charge is 0.320 e. The summed E-state index contributed by atoms with van der Waals surface area (Å²) >= 11 is 0. The first-order valence-corrected chi connectivity index (χ1v) is 7.49. The summed E-state index contributed by atoms with van der Waals surface area (Å²) in [6, 6.07) is -0.299. The lowest BCUT2D eigenvalue weighted by atomic mass is 9.86. The summed E-state index contributed by atoms with van der Waals surface area (Å²) in [5.41, 5.74) is 0.259. The van der Waals surface area contributed by atoms with Gasteiger partial charge in [-0.25, -0.2) is 0 Å². The van der Waals surface area contributed by atoms with Crippen molar-refractivity contribution in [3.8, 4) is 0 Å². The summed E-state index contributed by atoms with van der Waals surface area (Å²) in [4.78, 5) is 16.0. The normalized spacial score (nSPS) is 27.1. The molecule has 0 bridgehead atoms. The number of rotatable bonds is 4. The standard InChI is InChI=1S/C14H27N3O2/c1-3-12(13(18)19)16-8-4-14(2,5-9-16)17-10-6-15-7-11-17/h12,15H,3-11H2,1-2H3,(H,18,19). The zero-order valence-electron chi connectivity index (χ0n) is 12.2. The quantitative estimate of drug-likeness (QED) is 0.783. The number of carboxylic acids is 1. The Hall–Kier alpha value is -0.650. The fourth-order valence-electron chi connectivity index (χ4n) is 3.43. The molecule has 2 aliphatic heterocycles. The van der Waals surface area contributed by atoms with Crippen LogP contribution in [0.1, 0.15) is 33.1 Å². The summed E-state index contributed by atoms with van der Waals surface area (Å²) in [7, 11) is 0. The average Bonchev–Trinajstić information content (AvgIpc) is 2.42. The van der Waals surface area contributed by atoms with Gasteiger partial charge >= 0.3 is 5.97 Å². The molecule has 2 fully saturated rings. The fraction of sp³-hybridized carbons (Fsp3) is 0.929. The van der Waals surface area contributed by atoms with Crippen LogP contribution in [0.4, 0.5) is 0 Å². The molecular formula is C14H27N3O2. The molecule has 0 aromatic heterocycles. The molecule has 5 nitrogen and oxygen atoms in total. The van der Waals surface area contributed by atoms with Gasteiger partial charge in [-0.2, -0.15) is 0 Å². The van der Waals surface area contributed by atoms with Crippen LogP contribution in [0.15, 0.2) is 0 Å². The van der Waals surface area contributed by atoms with E-state index in [4.69, 9.17) is 0 Å². The number of nitrogens with one attached hydrogen (secondary N) is 1. The van der Waals surface area contributed by atoms with E-state index >= 15 is 0 Å². The predicted molar refractivity (Wildman–Crippen MR) is 75.4 cm³/mol. The van der Waals surface area contributed by atoms with E-state index in [1.54, 1.807) is 0 Å². The van der Waals surface area contributed by atoms with Gasteiger partial charge in [-0.1, -0.05) is 6.92 Å². The van der Waals surface area contributed by atoms with Gasteiger partial charge in [0, 0.05) is 44.8 Å². The van der Waals surface area contributed by atoms with Crippen LogP contribution in [-0.4, -0.2) is 71.7 Å². The van der Waals surface area contributed by atoms with Gasteiger partial charge in [-0.3, -0.25) is 14.6 Å². The van der Waals surface area contributed by atoms with Gasteiger partial charge in [-0.05, 0) is 26.2 Å². The van der Waals surface area contributed by atoms with Crippen molar-refractivity contribution < 1.29 is 9.90 Å². The van der Waals surface area contributed by atoms with E-state index in [1.165, 1.54) is 0 Å². The van der Waals surface area contributed by atoms with Crippen molar-refractivity contribution in [3.05, 3.63) is 0 Å². The number of hydrogen-bond acceptors (Lipinski definition) is 4. The average molecular weight is 269 g/mol. The molecule has 1 unspecified atom stereocenters. The van der Waals surface area contributed by atoms with Gasteiger partial charge in [0.25, 0.3) is 0 Å². The lowest BCUT2D eigenvalue weighted by Gasteiger charge is -2.49. The zero-order valence-corrected chi connectivity index (χ0v) is 12.2. The van der Waals surface area contributed by atoms with Crippen LogP contribution in [0.5, 0.6) is 0 Å². The van der Waals surface area contributed by atoms with Gasteiger partial charge in [0.1, 0.15) is 6.04 Å². The predicted octanol–water partition coefficient (Wildman–Crippen LogP) is 0.609. The highest BCUT2D eigenvalue weighted by Gasteiger charge is 2.38. The highest BCUT2D eigenvalue weighted by Crippen LogP contribution is 2.30. The second-order valence-corrected chi connectivity index (χ2v) is 6.03. The van der Waals surface area contributed by atoms with Crippen LogP contribution in [-0.2, 0) is 4.79 Å². The Morgan fingerprint density at radius 2 is 1.84 bits per heavy atom. The molecule has 0 radical (unpaired) electrons. The second kappa shape index (κ2) is 6.20. The van der Waals surface area contributed by atoms with Crippen molar-refractivity contribution in [2.24, 2.45) is 0 Å². The van der Waals surface area contributed by atoms with Gasteiger partial charge < -0.3 is 10.4 Å². The minimum atomic E-state index is -0.673. The maximum absolute atomic E-state index is 11.2. The lowest BCUT2D eigenvalue weighted by Crippen LogP contribution is -2.60. The highest BCUT2D eigenvalue weighted by atomic mass is 16.4. The molecule has 0 amide bonds. The van der Waals surface area contributed by atoms with E-state index in [1.807, 2.05) is 6.92 Å².